The predicted octanol–water partition coefficient (Wildman–Crippen LogP) is 13.7. The van der Waals surface area contributed by atoms with Gasteiger partial charge < -0.3 is 0 Å². The number of imidazole rings is 1. The number of para-hydroxylation sites is 3. The normalized spacial score (nSPS) is 20.0. The fraction of sp³-hybridized carbons (Fsp3) is 0.0984. The minimum atomic E-state index is 0.249. The standard InChI is InChI=1S/C61H50N2/c1-43(30-32-45-18-7-5-8-19-45)54-25-11-3-4-12-26-55(50-36-35-47-21-13-14-22-48(47)41-50)58-40-46(33-38-57(54)58)20-17-27-53-44(2)31-34-49-42-51(37-39-56(49)53)61-62-59-28-15-16-29-60(59)63(61)52-23-9-6-10-24-52/h5-26,28-42,49,53,56H,1-4,27H2/b20-17+,25-11?,26-12+,32-30-,57-54?,58-55+. The van der Waals surface area contributed by atoms with Crippen molar-refractivity contribution < 1.29 is 0 Å². The molecule has 3 aliphatic carbocycles. The zero-order valence-corrected chi connectivity index (χ0v) is 35.5. The van der Waals surface area contributed by atoms with Crippen LogP contribution in [0.1, 0.15) is 41.8 Å². The molecule has 304 valence electrons. The third-order valence-corrected chi connectivity index (χ3v) is 12.7. The van der Waals surface area contributed by atoms with E-state index in [0.29, 0.717) is 5.92 Å². The van der Waals surface area contributed by atoms with Crippen molar-refractivity contribution in [2.45, 2.75) is 19.3 Å². The van der Waals surface area contributed by atoms with Gasteiger partial charge in [0.2, 0.25) is 0 Å². The van der Waals surface area contributed by atoms with Gasteiger partial charge in [-0.3, -0.25) is 4.57 Å². The van der Waals surface area contributed by atoms with Crippen LogP contribution in [0.25, 0.3) is 56.4 Å². The molecule has 2 heteroatoms. The fourth-order valence-corrected chi connectivity index (χ4v) is 9.41. The first kappa shape index (κ1) is 39.6. The molecule has 63 heavy (non-hydrogen) atoms. The molecule has 3 aliphatic rings. The van der Waals surface area contributed by atoms with Gasteiger partial charge in [-0.2, -0.15) is 0 Å². The number of benzene rings is 6. The summed E-state index contributed by atoms with van der Waals surface area (Å²) in [6.07, 6.45) is 32.7. The monoisotopic (exact) mass is 810 g/mol. The van der Waals surface area contributed by atoms with Crippen LogP contribution in [0, 0.1) is 17.8 Å². The van der Waals surface area contributed by atoms with Crippen molar-refractivity contribution in [3.05, 3.63) is 270 Å². The van der Waals surface area contributed by atoms with E-state index in [1.807, 2.05) is 0 Å². The van der Waals surface area contributed by atoms with Crippen molar-refractivity contribution in [3.8, 4) is 5.69 Å². The van der Waals surface area contributed by atoms with E-state index in [2.05, 4.69) is 242 Å². The molecule has 0 fully saturated rings. The van der Waals surface area contributed by atoms with Gasteiger partial charge in [0.05, 0.1) is 11.0 Å². The molecule has 1 aromatic heterocycles. The Morgan fingerprint density at radius 1 is 0.667 bits per heavy atom. The highest BCUT2D eigenvalue weighted by molar-refractivity contribution is 5.89. The number of hydrogen-bond donors (Lipinski definition) is 0. The van der Waals surface area contributed by atoms with Crippen LogP contribution < -0.4 is 10.4 Å². The van der Waals surface area contributed by atoms with Gasteiger partial charge in [-0.05, 0) is 122 Å². The zero-order valence-electron chi connectivity index (χ0n) is 35.5. The molecule has 6 aromatic carbocycles. The second-order valence-corrected chi connectivity index (χ2v) is 16.8. The average molecular weight is 811 g/mol. The Bertz CT molecular complexity index is 3230. The third kappa shape index (κ3) is 8.29. The first-order chi connectivity index (χ1) is 31.1. The largest absolute Gasteiger partial charge is 0.292 e. The molecular weight excluding hydrogens is 761 g/mol. The average Bonchev–Trinajstić information content (AvgIpc) is 3.73. The van der Waals surface area contributed by atoms with Crippen LogP contribution in [-0.4, -0.2) is 9.55 Å². The smallest absolute Gasteiger partial charge is 0.145 e. The minimum Gasteiger partial charge on any atom is -0.292 e. The van der Waals surface area contributed by atoms with Crippen LogP contribution in [-0.2, 0) is 0 Å². The molecule has 0 aliphatic heterocycles. The molecule has 0 saturated carbocycles. The summed E-state index contributed by atoms with van der Waals surface area (Å²) in [5.41, 5.74) is 12.4. The lowest BCUT2D eigenvalue weighted by molar-refractivity contribution is 0.395. The van der Waals surface area contributed by atoms with Crippen LogP contribution in [0.3, 0.4) is 0 Å². The van der Waals surface area contributed by atoms with Gasteiger partial charge in [0.15, 0.2) is 0 Å². The van der Waals surface area contributed by atoms with Crippen molar-refractivity contribution >= 4 is 50.7 Å². The van der Waals surface area contributed by atoms with Crippen LogP contribution >= 0.6 is 0 Å². The van der Waals surface area contributed by atoms with E-state index in [9.17, 15) is 0 Å². The summed E-state index contributed by atoms with van der Waals surface area (Å²) in [6.45, 7) is 9.19. The number of nitrogens with zero attached hydrogens (tertiary/aromatic N) is 2. The molecule has 3 unspecified atom stereocenters. The highest BCUT2D eigenvalue weighted by Crippen LogP contribution is 2.42. The Labute approximate surface area is 371 Å². The Morgan fingerprint density at radius 3 is 2.29 bits per heavy atom. The molecule has 0 N–H and O–H groups in total. The topological polar surface area (TPSA) is 17.8 Å². The number of aromatic nitrogens is 2. The molecule has 2 nitrogen and oxygen atoms in total. The SMILES string of the molecule is C=C(/C=C\c1ccccc1)C1=c2ccc(/C=C/CC3C(=C)C=CC4C=C(c5nc6ccccc6n5-c5ccccc5)C=CC43)c/c2=C(c2ccc3ccccc3c2)/C=C/CCC=C1. The van der Waals surface area contributed by atoms with Gasteiger partial charge in [0.25, 0.3) is 0 Å². The van der Waals surface area contributed by atoms with E-state index in [1.54, 1.807) is 0 Å². The number of rotatable bonds is 9. The Hall–Kier alpha value is -7.55. The van der Waals surface area contributed by atoms with E-state index in [-0.39, 0.29) is 11.8 Å². The summed E-state index contributed by atoms with van der Waals surface area (Å²) < 4.78 is 2.29. The van der Waals surface area contributed by atoms with E-state index in [0.717, 1.165) is 64.1 Å². The Balaban J connectivity index is 1.00. The molecule has 0 spiro atoms. The van der Waals surface area contributed by atoms with Crippen LogP contribution in [0.2, 0.25) is 0 Å². The van der Waals surface area contributed by atoms with Gasteiger partial charge in [-0.25, -0.2) is 4.98 Å². The van der Waals surface area contributed by atoms with E-state index >= 15 is 0 Å². The second-order valence-electron chi connectivity index (χ2n) is 16.8. The summed E-state index contributed by atoms with van der Waals surface area (Å²) in [5, 5.41) is 4.84. The van der Waals surface area contributed by atoms with Gasteiger partial charge in [0.1, 0.15) is 5.82 Å². The summed E-state index contributed by atoms with van der Waals surface area (Å²) in [4.78, 5) is 5.16. The molecular formula is C61H50N2. The zero-order chi connectivity index (χ0) is 42.5. The van der Waals surface area contributed by atoms with Gasteiger partial charge >= 0.3 is 0 Å². The Kier molecular flexibility index (Phi) is 11.2. The number of hydrogen-bond acceptors (Lipinski definition) is 1. The van der Waals surface area contributed by atoms with Crippen molar-refractivity contribution in [1.82, 2.24) is 9.55 Å². The molecule has 0 amide bonds. The quantitative estimate of drug-likeness (QED) is 0.133. The summed E-state index contributed by atoms with van der Waals surface area (Å²) >= 11 is 0. The van der Waals surface area contributed by atoms with Crippen LogP contribution in [0.15, 0.2) is 237 Å². The maximum Gasteiger partial charge on any atom is 0.145 e. The first-order valence-corrected chi connectivity index (χ1v) is 22.2. The number of allylic oxidation sites excluding steroid dienone is 14. The summed E-state index contributed by atoms with van der Waals surface area (Å²) in [6, 6.07) is 51.8. The number of fused-ring (bicyclic) bond motifs is 4. The molecule has 1 heterocycles. The predicted molar refractivity (Wildman–Crippen MR) is 268 cm³/mol. The molecule has 0 saturated heterocycles. The van der Waals surface area contributed by atoms with E-state index in [4.69, 9.17) is 4.98 Å². The van der Waals surface area contributed by atoms with Crippen molar-refractivity contribution in [1.29, 1.82) is 0 Å². The van der Waals surface area contributed by atoms with Crippen molar-refractivity contribution in [2.24, 2.45) is 17.8 Å². The third-order valence-electron chi connectivity index (χ3n) is 12.7. The lowest BCUT2D eigenvalue weighted by Gasteiger charge is -2.35. The van der Waals surface area contributed by atoms with Crippen molar-refractivity contribution in [3.63, 3.8) is 0 Å². The molecule has 10 rings (SSSR count). The minimum absolute atomic E-state index is 0.249. The lowest BCUT2D eigenvalue weighted by atomic mass is 9.70. The summed E-state index contributed by atoms with van der Waals surface area (Å²) in [7, 11) is 0. The molecule has 3 atom stereocenters. The van der Waals surface area contributed by atoms with Gasteiger partial charge in [-0.15, -0.1) is 0 Å². The van der Waals surface area contributed by atoms with Crippen LogP contribution in [0.4, 0.5) is 0 Å². The van der Waals surface area contributed by atoms with E-state index < -0.39 is 0 Å². The first-order valence-electron chi connectivity index (χ1n) is 22.2. The van der Waals surface area contributed by atoms with E-state index in [1.165, 1.54) is 43.5 Å². The van der Waals surface area contributed by atoms with Gasteiger partial charge in [0, 0.05) is 17.2 Å². The lowest BCUT2D eigenvalue weighted by Crippen LogP contribution is -2.30. The molecule has 0 radical (unpaired) electrons. The maximum absolute atomic E-state index is 5.16. The highest BCUT2D eigenvalue weighted by Gasteiger charge is 2.32. The van der Waals surface area contributed by atoms with Crippen molar-refractivity contribution in [2.75, 3.05) is 0 Å². The highest BCUT2D eigenvalue weighted by atomic mass is 15.1. The second kappa shape index (κ2) is 17.8. The molecule has 7 aromatic rings. The summed E-state index contributed by atoms with van der Waals surface area (Å²) in [5.74, 6) is 1.81. The maximum atomic E-state index is 5.16. The fourth-order valence-electron chi connectivity index (χ4n) is 9.41. The van der Waals surface area contributed by atoms with Gasteiger partial charge in [-0.1, -0.05) is 207 Å². The Morgan fingerprint density at radius 2 is 1.43 bits per heavy atom. The van der Waals surface area contributed by atoms with Crippen LogP contribution in [0.5, 0.6) is 0 Å². The molecule has 0 bridgehead atoms.